The first-order chi connectivity index (χ1) is 11.0. The van der Waals surface area contributed by atoms with Crippen LogP contribution in [0.2, 0.25) is 10.0 Å². The van der Waals surface area contributed by atoms with Gasteiger partial charge in [-0.05, 0) is 24.3 Å². The number of ether oxygens (including phenoxy) is 2. The Morgan fingerprint density at radius 2 is 1.96 bits per heavy atom. The molecule has 5 nitrogen and oxygen atoms in total. The molecule has 0 aliphatic rings. The molecule has 0 unspecified atom stereocenters. The maximum Gasteiger partial charge on any atom is 0.323 e. The van der Waals surface area contributed by atoms with E-state index in [0.717, 1.165) is 0 Å². The number of carbonyl (C=O) groups is 1. The van der Waals surface area contributed by atoms with Crippen LogP contribution in [0.5, 0.6) is 5.75 Å². The highest BCUT2D eigenvalue weighted by Crippen LogP contribution is 2.25. The summed E-state index contributed by atoms with van der Waals surface area (Å²) in [6.07, 6.45) is 1.85. The number of methoxy groups -OCH3 is 1. The summed E-state index contributed by atoms with van der Waals surface area (Å²) in [5.74, 6) is 0.0943. The Kier molecular flexibility index (Phi) is 6.21. The van der Waals surface area contributed by atoms with Crippen molar-refractivity contribution in [2.75, 3.05) is 7.11 Å². The molecule has 122 valence electrons. The lowest BCUT2D eigenvalue weighted by Gasteiger charge is -2.11. The van der Waals surface area contributed by atoms with Gasteiger partial charge in [0.1, 0.15) is 18.4 Å². The molecule has 0 fully saturated rings. The first-order valence-electron chi connectivity index (χ1n) is 6.85. The lowest BCUT2D eigenvalue weighted by atomic mass is 10.1. The van der Waals surface area contributed by atoms with Gasteiger partial charge in [0.25, 0.3) is 0 Å². The van der Waals surface area contributed by atoms with Crippen molar-refractivity contribution in [1.29, 1.82) is 0 Å². The van der Waals surface area contributed by atoms with Crippen molar-refractivity contribution in [2.24, 2.45) is 5.73 Å². The van der Waals surface area contributed by atoms with E-state index in [0.29, 0.717) is 33.5 Å². The summed E-state index contributed by atoms with van der Waals surface area (Å²) in [4.78, 5) is 15.5. The van der Waals surface area contributed by atoms with E-state index >= 15 is 0 Å². The van der Waals surface area contributed by atoms with Crippen LogP contribution >= 0.6 is 23.2 Å². The van der Waals surface area contributed by atoms with Crippen LogP contribution in [0.1, 0.15) is 11.3 Å². The second-order valence-electron chi connectivity index (χ2n) is 4.81. The Labute approximate surface area is 144 Å². The van der Waals surface area contributed by atoms with E-state index in [4.69, 9.17) is 33.7 Å². The lowest BCUT2D eigenvalue weighted by Crippen LogP contribution is -2.33. The van der Waals surface area contributed by atoms with Gasteiger partial charge >= 0.3 is 5.97 Å². The predicted octanol–water partition coefficient (Wildman–Crippen LogP) is 3.01. The van der Waals surface area contributed by atoms with Crippen LogP contribution in [0.4, 0.5) is 0 Å². The standard InChI is InChI=1S/C16H16Cl2N2O3/c1-22-16(21)15(19)7-10-5-6-11(8-20-10)23-9-12-13(17)3-2-4-14(12)18/h2-6,8,15H,7,9,19H2,1H3/t15-/m0/s1. The summed E-state index contributed by atoms with van der Waals surface area (Å²) >= 11 is 12.2. The van der Waals surface area contributed by atoms with Crippen molar-refractivity contribution < 1.29 is 14.3 Å². The van der Waals surface area contributed by atoms with Crippen LogP contribution in [0.3, 0.4) is 0 Å². The number of esters is 1. The van der Waals surface area contributed by atoms with Crippen LogP contribution in [0.15, 0.2) is 36.5 Å². The molecule has 7 heteroatoms. The number of carbonyl (C=O) groups excluding carboxylic acids is 1. The van der Waals surface area contributed by atoms with Crippen LogP contribution in [-0.2, 0) is 22.6 Å². The maximum absolute atomic E-state index is 11.3. The highest BCUT2D eigenvalue weighted by Gasteiger charge is 2.15. The van der Waals surface area contributed by atoms with Gasteiger partial charge in [0.2, 0.25) is 0 Å². The third-order valence-electron chi connectivity index (χ3n) is 3.18. The molecule has 1 aromatic carbocycles. The number of rotatable bonds is 6. The molecule has 2 rings (SSSR count). The average Bonchev–Trinajstić information content (AvgIpc) is 2.55. The second kappa shape index (κ2) is 8.15. The predicted molar refractivity (Wildman–Crippen MR) is 88.7 cm³/mol. The van der Waals surface area contributed by atoms with Gasteiger partial charge in [-0.2, -0.15) is 0 Å². The monoisotopic (exact) mass is 354 g/mol. The minimum Gasteiger partial charge on any atom is -0.487 e. The number of aromatic nitrogens is 1. The molecule has 0 saturated heterocycles. The minimum atomic E-state index is -0.735. The van der Waals surface area contributed by atoms with Crippen molar-refractivity contribution in [1.82, 2.24) is 4.98 Å². The zero-order valence-electron chi connectivity index (χ0n) is 12.5. The molecule has 0 aliphatic heterocycles. The molecule has 2 aromatic rings. The van der Waals surface area contributed by atoms with Gasteiger partial charge in [0.05, 0.1) is 13.3 Å². The first kappa shape index (κ1) is 17.5. The van der Waals surface area contributed by atoms with E-state index in [1.54, 1.807) is 36.5 Å². The molecule has 1 atom stereocenters. The average molecular weight is 355 g/mol. The number of hydrogen-bond acceptors (Lipinski definition) is 5. The van der Waals surface area contributed by atoms with E-state index in [2.05, 4.69) is 9.72 Å². The van der Waals surface area contributed by atoms with Gasteiger partial charge in [0, 0.05) is 27.7 Å². The smallest absolute Gasteiger partial charge is 0.323 e. The van der Waals surface area contributed by atoms with Crippen molar-refractivity contribution in [3.63, 3.8) is 0 Å². The summed E-state index contributed by atoms with van der Waals surface area (Å²) in [6.45, 7) is 0.237. The molecule has 1 heterocycles. The van der Waals surface area contributed by atoms with Crippen molar-refractivity contribution in [3.8, 4) is 5.75 Å². The molecule has 0 aliphatic carbocycles. The fourth-order valence-corrected chi connectivity index (χ4v) is 2.41. The quantitative estimate of drug-likeness (QED) is 0.807. The summed E-state index contributed by atoms with van der Waals surface area (Å²) in [5, 5.41) is 1.09. The van der Waals surface area contributed by atoms with Crippen LogP contribution in [0, 0.1) is 0 Å². The third-order valence-corrected chi connectivity index (χ3v) is 3.88. The second-order valence-corrected chi connectivity index (χ2v) is 5.62. The Balaban J connectivity index is 1.96. The summed E-state index contributed by atoms with van der Waals surface area (Å²) in [6, 6.07) is 8.03. The largest absolute Gasteiger partial charge is 0.487 e. The Morgan fingerprint density at radius 1 is 1.26 bits per heavy atom. The van der Waals surface area contributed by atoms with Gasteiger partial charge < -0.3 is 15.2 Å². The van der Waals surface area contributed by atoms with E-state index in [9.17, 15) is 4.79 Å². The molecule has 0 saturated carbocycles. The normalized spacial score (nSPS) is 11.8. The fourth-order valence-electron chi connectivity index (χ4n) is 1.90. The summed E-state index contributed by atoms with van der Waals surface area (Å²) < 4.78 is 10.2. The van der Waals surface area contributed by atoms with Crippen molar-refractivity contribution in [3.05, 3.63) is 57.8 Å². The van der Waals surface area contributed by atoms with Gasteiger partial charge in [-0.25, -0.2) is 0 Å². The van der Waals surface area contributed by atoms with E-state index in [1.807, 2.05) is 0 Å². The zero-order chi connectivity index (χ0) is 16.8. The number of hydrogen-bond donors (Lipinski definition) is 1. The number of pyridine rings is 1. The van der Waals surface area contributed by atoms with Gasteiger partial charge in [-0.15, -0.1) is 0 Å². The molecule has 1 aromatic heterocycles. The molecule has 0 spiro atoms. The maximum atomic E-state index is 11.3. The van der Waals surface area contributed by atoms with E-state index < -0.39 is 12.0 Å². The van der Waals surface area contributed by atoms with Crippen LogP contribution in [0.25, 0.3) is 0 Å². The summed E-state index contributed by atoms with van der Waals surface area (Å²) in [5.41, 5.74) is 7.08. The van der Waals surface area contributed by atoms with Gasteiger partial charge in [-0.1, -0.05) is 29.3 Å². The molecule has 0 amide bonds. The lowest BCUT2D eigenvalue weighted by molar-refractivity contribution is -0.142. The van der Waals surface area contributed by atoms with E-state index in [1.165, 1.54) is 7.11 Å². The number of nitrogens with two attached hydrogens (primary N) is 1. The topological polar surface area (TPSA) is 74.4 Å². The molecule has 23 heavy (non-hydrogen) atoms. The highest BCUT2D eigenvalue weighted by molar-refractivity contribution is 6.35. The molecule has 2 N–H and O–H groups in total. The van der Waals surface area contributed by atoms with Gasteiger partial charge in [0.15, 0.2) is 0 Å². The Hall–Kier alpha value is -1.82. The zero-order valence-corrected chi connectivity index (χ0v) is 14.0. The number of nitrogens with zero attached hydrogens (tertiary/aromatic N) is 1. The van der Waals surface area contributed by atoms with Crippen LogP contribution in [-0.4, -0.2) is 24.1 Å². The molecule has 0 bridgehead atoms. The Morgan fingerprint density at radius 3 is 2.52 bits per heavy atom. The van der Waals surface area contributed by atoms with Crippen molar-refractivity contribution >= 4 is 29.2 Å². The molecular formula is C16H16Cl2N2O3. The van der Waals surface area contributed by atoms with E-state index in [-0.39, 0.29) is 6.61 Å². The van der Waals surface area contributed by atoms with Gasteiger partial charge in [-0.3, -0.25) is 9.78 Å². The minimum absolute atomic E-state index is 0.237. The highest BCUT2D eigenvalue weighted by atomic mass is 35.5. The number of benzene rings is 1. The number of halogens is 2. The Bertz CT molecular complexity index is 657. The van der Waals surface area contributed by atoms with Crippen molar-refractivity contribution in [2.45, 2.75) is 19.1 Å². The first-order valence-corrected chi connectivity index (χ1v) is 7.61. The third kappa shape index (κ3) is 4.82. The summed E-state index contributed by atoms with van der Waals surface area (Å²) in [7, 11) is 1.30. The fraction of sp³-hybridized carbons (Fsp3) is 0.250. The molecular weight excluding hydrogens is 339 g/mol. The SMILES string of the molecule is COC(=O)[C@@H](N)Cc1ccc(OCc2c(Cl)cccc2Cl)cn1. The van der Waals surface area contributed by atoms with Crippen LogP contribution < -0.4 is 10.5 Å². The molecule has 0 radical (unpaired) electrons.